The van der Waals surface area contributed by atoms with Gasteiger partial charge in [-0.05, 0) is 42.0 Å². The van der Waals surface area contributed by atoms with Gasteiger partial charge in [0.15, 0.2) is 0 Å². The van der Waals surface area contributed by atoms with Crippen molar-refractivity contribution in [3.05, 3.63) is 59.7 Å². The quantitative estimate of drug-likeness (QED) is 0.618. The Labute approximate surface area is 198 Å². The summed E-state index contributed by atoms with van der Waals surface area (Å²) in [7, 11) is 1.51. The maximum atomic E-state index is 13.2. The van der Waals surface area contributed by atoms with Crippen LogP contribution in [0.25, 0.3) is 11.1 Å². The molecule has 1 heterocycles. The van der Waals surface area contributed by atoms with Crippen LogP contribution in [0.3, 0.4) is 0 Å². The van der Waals surface area contributed by atoms with E-state index < -0.39 is 29.6 Å². The van der Waals surface area contributed by atoms with E-state index in [0.717, 1.165) is 22.3 Å². The molecule has 1 saturated heterocycles. The number of rotatable bonds is 8. The zero-order valence-electron chi connectivity index (χ0n) is 19.5. The Morgan fingerprint density at radius 1 is 1.12 bits per heavy atom. The second-order valence-corrected chi connectivity index (χ2v) is 8.98. The van der Waals surface area contributed by atoms with Gasteiger partial charge >= 0.3 is 12.1 Å². The second-order valence-electron chi connectivity index (χ2n) is 8.98. The van der Waals surface area contributed by atoms with Gasteiger partial charge in [0.1, 0.15) is 18.2 Å². The van der Waals surface area contributed by atoms with Gasteiger partial charge in [0.2, 0.25) is 5.91 Å². The van der Waals surface area contributed by atoms with Gasteiger partial charge in [0, 0.05) is 32.6 Å². The number of hydrogen-bond acceptors (Lipinski definition) is 5. The van der Waals surface area contributed by atoms with Crippen molar-refractivity contribution in [1.82, 2.24) is 10.2 Å². The van der Waals surface area contributed by atoms with Crippen molar-refractivity contribution < 1.29 is 29.0 Å². The van der Waals surface area contributed by atoms with E-state index in [4.69, 9.17) is 9.47 Å². The number of ether oxygens (including phenoxy) is 2. The number of carboxylic acid groups (broad SMARTS) is 1. The summed E-state index contributed by atoms with van der Waals surface area (Å²) in [5.74, 6) is -1.59. The fourth-order valence-electron chi connectivity index (χ4n) is 5.00. The lowest BCUT2D eigenvalue weighted by atomic mass is 9.98. The third kappa shape index (κ3) is 4.37. The lowest BCUT2D eigenvalue weighted by molar-refractivity contribution is -0.156. The number of carboxylic acids is 1. The van der Waals surface area contributed by atoms with Gasteiger partial charge in [-0.3, -0.25) is 4.79 Å². The van der Waals surface area contributed by atoms with Crippen molar-refractivity contribution in [2.75, 3.05) is 26.9 Å². The molecular formula is C26H30N2O6. The number of fused-ring (bicyclic) bond motifs is 3. The number of amides is 2. The molecule has 2 aromatic rings. The first-order valence-corrected chi connectivity index (χ1v) is 11.5. The third-order valence-corrected chi connectivity index (χ3v) is 6.91. The normalized spacial score (nSPS) is 19.9. The van der Waals surface area contributed by atoms with E-state index in [1.807, 2.05) is 36.4 Å². The molecule has 0 aromatic heterocycles. The van der Waals surface area contributed by atoms with E-state index in [2.05, 4.69) is 17.4 Å². The average Bonchev–Trinajstić information content (AvgIpc) is 3.39. The second kappa shape index (κ2) is 9.85. The molecule has 0 bridgehead atoms. The smallest absolute Gasteiger partial charge is 0.407 e. The maximum Gasteiger partial charge on any atom is 0.407 e. The van der Waals surface area contributed by atoms with Crippen LogP contribution in [-0.2, 0) is 19.1 Å². The summed E-state index contributed by atoms with van der Waals surface area (Å²) in [6, 6.07) is 15.2. The summed E-state index contributed by atoms with van der Waals surface area (Å²) in [6.45, 7) is 2.23. The van der Waals surface area contributed by atoms with Crippen molar-refractivity contribution in [1.29, 1.82) is 0 Å². The third-order valence-electron chi connectivity index (χ3n) is 6.91. The Hall–Kier alpha value is -3.39. The number of aliphatic carboxylic acids is 1. The fourth-order valence-corrected chi connectivity index (χ4v) is 5.00. The predicted molar refractivity (Wildman–Crippen MR) is 125 cm³/mol. The Morgan fingerprint density at radius 2 is 1.74 bits per heavy atom. The minimum Gasteiger partial charge on any atom is -0.480 e. The highest BCUT2D eigenvalue weighted by molar-refractivity contribution is 5.91. The van der Waals surface area contributed by atoms with Crippen LogP contribution in [0.1, 0.15) is 43.2 Å². The first-order chi connectivity index (χ1) is 16.4. The number of hydrogen-bond donors (Lipinski definition) is 2. The van der Waals surface area contributed by atoms with Gasteiger partial charge in [0.25, 0.3) is 0 Å². The molecule has 2 N–H and O–H groups in total. The fraction of sp³-hybridized carbons (Fsp3) is 0.423. The largest absolute Gasteiger partial charge is 0.480 e. The van der Waals surface area contributed by atoms with Gasteiger partial charge in [-0.1, -0.05) is 48.5 Å². The highest BCUT2D eigenvalue weighted by atomic mass is 16.5. The number of carbonyl (C=O) groups is 3. The van der Waals surface area contributed by atoms with Crippen molar-refractivity contribution in [2.24, 2.45) is 0 Å². The van der Waals surface area contributed by atoms with Gasteiger partial charge in [-0.15, -0.1) is 0 Å². The molecule has 2 aliphatic rings. The minimum atomic E-state index is -1.29. The van der Waals surface area contributed by atoms with Crippen LogP contribution >= 0.6 is 0 Å². The summed E-state index contributed by atoms with van der Waals surface area (Å²) in [4.78, 5) is 39.1. The van der Waals surface area contributed by atoms with Crippen LogP contribution in [0.5, 0.6) is 0 Å². The van der Waals surface area contributed by atoms with Crippen molar-refractivity contribution >= 4 is 18.0 Å². The average molecular weight is 467 g/mol. The first kappa shape index (κ1) is 23.8. The molecule has 2 atom stereocenters. The molecular weight excluding hydrogens is 436 g/mol. The molecule has 1 aliphatic carbocycles. The van der Waals surface area contributed by atoms with Crippen molar-refractivity contribution in [3.8, 4) is 11.1 Å². The first-order valence-electron chi connectivity index (χ1n) is 11.5. The number of nitrogens with zero attached hydrogens (tertiary/aromatic N) is 1. The number of methoxy groups -OCH3 is 1. The van der Waals surface area contributed by atoms with E-state index in [1.165, 1.54) is 12.0 Å². The van der Waals surface area contributed by atoms with Gasteiger partial charge in [0.05, 0.1) is 0 Å². The number of likely N-dealkylation sites (tertiary alicyclic amines) is 1. The summed E-state index contributed by atoms with van der Waals surface area (Å²) in [6.07, 6.45) is 0.464. The topological polar surface area (TPSA) is 105 Å². The molecule has 2 amide bonds. The van der Waals surface area contributed by atoms with E-state index in [1.54, 1.807) is 6.92 Å². The molecule has 180 valence electrons. The van der Waals surface area contributed by atoms with Crippen LogP contribution in [-0.4, -0.2) is 66.4 Å². The molecule has 0 radical (unpaired) electrons. The summed E-state index contributed by atoms with van der Waals surface area (Å²) in [5, 5.41) is 12.3. The Kier molecular flexibility index (Phi) is 6.88. The van der Waals surface area contributed by atoms with Crippen molar-refractivity contribution in [2.45, 2.75) is 43.7 Å². The molecule has 2 aromatic carbocycles. The standard InChI is InChI=1S/C26H30N2O6/c1-26(24(30)31)13-7-14-28(26)23(29)22(12-15-33-2)27-25(32)34-16-21-19-10-5-3-8-17(19)18-9-4-6-11-20(18)21/h3-6,8-11,21-22H,7,12-16H2,1-2H3,(H,27,32)(H,30,31)/t22?,26-/m0/s1. The number of carbonyl (C=O) groups excluding carboxylic acids is 2. The molecule has 34 heavy (non-hydrogen) atoms. The monoisotopic (exact) mass is 466 g/mol. The molecule has 8 nitrogen and oxygen atoms in total. The van der Waals surface area contributed by atoms with Crippen molar-refractivity contribution in [3.63, 3.8) is 0 Å². The number of alkyl carbamates (subject to hydrolysis) is 1. The zero-order chi connectivity index (χ0) is 24.3. The van der Waals surface area contributed by atoms with E-state index >= 15 is 0 Å². The highest BCUT2D eigenvalue weighted by Crippen LogP contribution is 2.44. The lowest BCUT2D eigenvalue weighted by Crippen LogP contribution is -2.57. The van der Waals surface area contributed by atoms with E-state index in [0.29, 0.717) is 19.4 Å². The highest BCUT2D eigenvalue weighted by Gasteiger charge is 2.47. The van der Waals surface area contributed by atoms with Crippen LogP contribution in [0.2, 0.25) is 0 Å². The number of benzene rings is 2. The van der Waals surface area contributed by atoms with Gasteiger partial charge < -0.3 is 24.8 Å². The number of nitrogens with one attached hydrogen (secondary N) is 1. The Morgan fingerprint density at radius 3 is 2.32 bits per heavy atom. The van der Waals surface area contributed by atoms with Crippen LogP contribution in [0.15, 0.2) is 48.5 Å². The van der Waals surface area contributed by atoms with Crippen LogP contribution in [0.4, 0.5) is 4.79 Å². The van der Waals surface area contributed by atoms with E-state index in [9.17, 15) is 19.5 Å². The molecule has 1 fully saturated rings. The summed E-state index contributed by atoms with van der Waals surface area (Å²) >= 11 is 0. The molecule has 0 spiro atoms. The SMILES string of the molecule is COCCC(NC(=O)OCC1c2ccccc2-c2ccccc21)C(=O)N1CCC[C@@]1(C)C(=O)O. The predicted octanol–water partition coefficient (Wildman–Crippen LogP) is 3.40. The summed E-state index contributed by atoms with van der Waals surface area (Å²) in [5.41, 5.74) is 3.16. The minimum absolute atomic E-state index is 0.0971. The molecule has 0 saturated carbocycles. The molecule has 4 rings (SSSR count). The molecule has 1 aliphatic heterocycles. The Balaban J connectivity index is 1.45. The van der Waals surface area contributed by atoms with Gasteiger partial charge in [-0.2, -0.15) is 0 Å². The zero-order valence-corrected chi connectivity index (χ0v) is 19.5. The summed E-state index contributed by atoms with van der Waals surface area (Å²) < 4.78 is 10.7. The lowest BCUT2D eigenvalue weighted by Gasteiger charge is -2.34. The van der Waals surface area contributed by atoms with Gasteiger partial charge in [-0.25, -0.2) is 9.59 Å². The molecule has 8 heteroatoms. The Bertz CT molecular complexity index is 1040. The van der Waals surface area contributed by atoms with Crippen LogP contribution in [0, 0.1) is 0 Å². The van der Waals surface area contributed by atoms with Crippen LogP contribution < -0.4 is 5.32 Å². The maximum absolute atomic E-state index is 13.2. The van der Waals surface area contributed by atoms with E-state index in [-0.39, 0.29) is 25.6 Å². The molecule has 1 unspecified atom stereocenters.